The van der Waals surface area contributed by atoms with Crippen molar-refractivity contribution in [3.63, 3.8) is 0 Å². The van der Waals surface area contributed by atoms with Crippen LogP contribution in [-0.4, -0.2) is 70.6 Å². The van der Waals surface area contributed by atoms with Crippen LogP contribution in [-0.2, 0) is 0 Å². The average molecular weight is 202 g/mol. The van der Waals surface area contributed by atoms with E-state index in [0.717, 1.165) is 0 Å². The molecule has 0 atom stereocenters. The Morgan fingerprint density at radius 2 is 0.647 bits per heavy atom. The average Bonchev–Trinajstić information content (AvgIpc) is 1.67. The predicted octanol–water partition coefficient (Wildman–Crippen LogP) is -1.24. The van der Waals surface area contributed by atoms with E-state index >= 15 is 0 Å². The van der Waals surface area contributed by atoms with Crippen molar-refractivity contribution >= 4 is 70.6 Å². The van der Waals surface area contributed by atoms with Crippen LogP contribution in [0.4, 0.5) is 0 Å². The van der Waals surface area contributed by atoms with Gasteiger partial charge in [0.15, 0.2) is 0 Å². The molecule has 0 saturated heterocycles. The van der Waals surface area contributed by atoms with Gasteiger partial charge in [0.2, 0.25) is 0 Å². The first kappa shape index (κ1) is 17.6. The first-order valence-corrected chi connectivity index (χ1v) is 5.10. The molecule has 0 amide bonds. The fraction of sp³-hybridized carbons (Fsp3) is 1.00. The van der Waals surface area contributed by atoms with Crippen molar-refractivity contribution in [3.8, 4) is 0 Å². The fourth-order valence-corrected chi connectivity index (χ4v) is 3.07. The third kappa shape index (κ3) is 2.64. The van der Waals surface area contributed by atoms with Crippen LogP contribution in [0.25, 0.3) is 0 Å². The third-order valence-corrected chi connectivity index (χ3v) is 3.07. The predicted molar refractivity (Wildman–Crippen MR) is 81.8 cm³/mol. The maximum Gasteiger partial charge on any atom is 0.0513 e. The molecule has 0 aromatic heterocycles. The van der Waals surface area contributed by atoms with Crippen molar-refractivity contribution in [2.24, 2.45) is 10.8 Å². The van der Waals surface area contributed by atoms with Gasteiger partial charge >= 0.3 is 0 Å². The van der Waals surface area contributed by atoms with Crippen molar-refractivity contribution in [1.29, 1.82) is 0 Å². The molecule has 17 heavy (non-hydrogen) atoms. The minimum absolute atomic E-state index is 0.859. The largest absolute Gasteiger partial charge is 0.127 e. The summed E-state index contributed by atoms with van der Waals surface area (Å²) < 4.78 is 0. The molecule has 0 aromatic rings. The molecule has 0 fully saturated rings. The van der Waals surface area contributed by atoms with Crippen molar-refractivity contribution in [2.45, 2.75) is 36.1 Å². The standard InChI is InChI=1S/C8H9B9/c1-4(2,3)5(6(9,10)11,7(12,13)14)8(15,16)17/h1-3H3. The van der Waals surface area contributed by atoms with Crippen molar-refractivity contribution in [1.82, 2.24) is 0 Å². The fourth-order valence-electron chi connectivity index (χ4n) is 3.07. The van der Waals surface area contributed by atoms with Crippen LogP contribution in [0.15, 0.2) is 0 Å². The zero-order valence-electron chi connectivity index (χ0n) is 10.7. The van der Waals surface area contributed by atoms with Crippen LogP contribution in [0.1, 0.15) is 20.8 Å². The lowest BCUT2D eigenvalue weighted by atomic mass is 9.07. The second-order valence-electron chi connectivity index (χ2n) is 5.80. The summed E-state index contributed by atoms with van der Waals surface area (Å²) in [6, 6.07) is 0. The van der Waals surface area contributed by atoms with Gasteiger partial charge < -0.3 is 0 Å². The molecule has 9 heteroatoms. The first-order valence-electron chi connectivity index (χ1n) is 5.10. The Hall–Kier alpha value is 0.584. The van der Waals surface area contributed by atoms with E-state index in [1.165, 1.54) is 0 Å². The molecule has 0 aromatic carbocycles. The van der Waals surface area contributed by atoms with Gasteiger partial charge in [0.05, 0.1) is 70.6 Å². The molecule has 0 spiro atoms. The van der Waals surface area contributed by atoms with E-state index in [4.69, 9.17) is 70.6 Å². The second-order valence-corrected chi connectivity index (χ2v) is 5.80. The highest BCUT2D eigenvalue weighted by Gasteiger charge is 2.59. The Labute approximate surface area is 118 Å². The summed E-state index contributed by atoms with van der Waals surface area (Å²) in [6.07, 6.45) is 0. The van der Waals surface area contributed by atoms with E-state index in [9.17, 15) is 0 Å². The molecule has 0 saturated carbocycles. The SMILES string of the molecule is [B]C([B])([B])C(C([B])([B])[B])(C([B])([B])[B])C(C)(C)C. The summed E-state index contributed by atoms with van der Waals surface area (Å²) in [6.45, 7) is 5.07. The summed E-state index contributed by atoms with van der Waals surface area (Å²) in [5.41, 5.74) is -2.61. The van der Waals surface area contributed by atoms with Gasteiger partial charge in [-0.2, -0.15) is 0 Å². The molecule has 0 aliphatic rings. The summed E-state index contributed by atoms with van der Waals surface area (Å²) in [4.78, 5) is 0. The maximum absolute atomic E-state index is 5.75. The molecule has 0 heterocycles. The Kier molecular flexibility index (Phi) is 4.45. The van der Waals surface area contributed by atoms with Crippen LogP contribution in [0, 0.1) is 10.8 Å². The molecule has 0 aliphatic heterocycles. The Bertz CT molecular complexity index is 210. The lowest BCUT2D eigenvalue weighted by Crippen LogP contribution is -2.63. The van der Waals surface area contributed by atoms with Gasteiger partial charge in [-0.3, -0.25) is 0 Å². The quantitative estimate of drug-likeness (QED) is 0.502. The van der Waals surface area contributed by atoms with Gasteiger partial charge in [-0.15, -0.1) is 15.3 Å². The molecular formula is C8H9B9. The molecule has 0 aliphatic carbocycles. The monoisotopic (exact) mass is 204 g/mol. The lowest BCUT2D eigenvalue weighted by molar-refractivity contribution is 0.0872. The van der Waals surface area contributed by atoms with Crippen LogP contribution < -0.4 is 0 Å². The zero-order chi connectivity index (χ0) is 14.5. The minimum atomic E-state index is -1.98. The summed E-state index contributed by atoms with van der Waals surface area (Å²) in [5, 5.41) is -5.95. The van der Waals surface area contributed by atoms with Gasteiger partial charge in [-0.1, -0.05) is 26.2 Å². The minimum Gasteiger partial charge on any atom is -0.127 e. The molecule has 0 N–H and O–H groups in total. The number of hydrogen-bond donors (Lipinski definition) is 0. The number of hydrogen-bond acceptors (Lipinski definition) is 0. The van der Waals surface area contributed by atoms with E-state index in [1.807, 2.05) is 0 Å². The summed E-state index contributed by atoms with van der Waals surface area (Å²) in [5.74, 6) is 0. The zero-order valence-corrected chi connectivity index (χ0v) is 10.7. The van der Waals surface area contributed by atoms with Gasteiger partial charge in [0, 0.05) is 0 Å². The smallest absolute Gasteiger partial charge is 0.0513 e. The van der Waals surface area contributed by atoms with Crippen molar-refractivity contribution < 1.29 is 0 Å². The van der Waals surface area contributed by atoms with Crippen molar-refractivity contribution in [3.05, 3.63) is 0 Å². The topological polar surface area (TPSA) is 0 Å². The Balaban J connectivity index is 6.37. The summed E-state index contributed by atoms with van der Waals surface area (Å²) in [7, 11) is 51.7. The van der Waals surface area contributed by atoms with E-state index in [-0.39, 0.29) is 0 Å². The number of rotatable bonds is 3. The van der Waals surface area contributed by atoms with Crippen molar-refractivity contribution in [2.75, 3.05) is 0 Å². The highest BCUT2D eigenvalue weighted by Crippen LogP contribution is 2.69. The van der Waals surface area contributed by atoms with E-state index in [0.29, 0.717) is 0 Å². The van der Waals surface area contributed by atoms with E-state index in [2.05, 4.69) is 0 Å². The molecule has 0 bridgehead atoms. The van der Waals surface area contributed by atoms with Gasteiger partial charge in [0.1, 0.15) is 0 Å². The van der Waals surface area contributed by atoms with Crippen LogP contribution in [0.2, 0.25) is 15.3 Å². The first-order chi connectivity index (χ1) is 7.00. The van der Waals surface area contributed by atoms with Crippen LogP contribution in [0.3, 0.4) is 0 Å². The molecule has 0 nitrogen and oxygen atoms in total. The van der Waals surface area contributed by atoms with E-state index in [1.54, 1.807) is 20.8 Å². The molecule has 68 valence electrons. The molecule has 0 rings (SSSR count). The second kappa shape index (κ2) is 4.31. The normalized spacial score (nSPS) is 15.7. The molecule has 0 unspecified atom stereocenters. The van der Waals surface area contributed by atoms with Gasteiger partial charge in [-0.25, -0.2) is 0 Å². The van der Waals surface area contributed by atoms with Crippen LogP contribution in [0.5, 0.6) is 0 Å². The third-order valence-electron chi connectivity index (χ3n) is 3.07. The highest BCUT2D eigenvalue weighted by molar-refractivity contribution is 6.69. The van der Waals surface area contributed by atoms with Crippen LogP contribution >= 0.6 is 0 Å². The Morgan fingerprint density at radius 1 is 0.471 bits per heavy atom. The molecule has 18 radical (unpaired) electrons. The molecular weight excluding hydrogens is 193 g/mol. The highest BCUT2D eigenvalue weighted by atomic mass is 14.5. The van der Waals surface area contributed by atoms with Gasteiger partial charge in [0.25, 0.3) is 0 Å². The van der Waals surface area contributed by atoms with E-state index < -0.39 is 26.2 Å². The maximum atomic E-state index is 5.75. The van der Waals surface area contributed by atoms with Gasteiger partial charge in [-0.05, 0) is 5.41 Å². The summed E-state index contributed by atoms with van der Waals surface area (Å²) >= 11 is 0. The Morgan fingerprint density at radius 3 is 0.647 bits per heavy atom. The lowest BCUT2D eigenvalue weighted by Gasteiger charge is -2.71.